The van der Waals surface area contributed by atoms with Gasteiger partial charge in [-0.1, -0.05) is 11.3 Å². The highest BCUT2D eigenvalue weighted by molar-refractivity contribution is 7.20. The number of fused-ring (bicyclic) bond motifs is 2. The van der Waals surface area contributed by atoms with E-state index < -0.39 is 0 Å². The van der Waals surface area contributed by atoms with E-state index in [1.54, 1.807) is 4.52 Å². The third-order valence-electron chi connectivity index (χ3n) is 5.73. The van der Waals surface area contributed by atoms with Gasteiger partial charge >= 0.3 is 0 Å². The number of hydrogen-bond acceptors (Lipinski definition) is 8. The predicted molar refractivity (Wildman–Crippen MR) is 111 cm³/mol. The average Bonchev–Trinajstić information content (AvgIpc) is 3.13. The molecular formula is C19H20N8OS. The van der Waals surface area contributed by atoms with Crippen LogP contribution in [0.3, 0.4) is 0 Å². The second-order valence-corrected chi connectivity index (χ2v) is 8.98. The van der Waals surface area contributed by atoms with Gasteiger partial charge in [0.15, 0.2) is 5.65 Å². The molecule has 29 heavy (non-hydrogen) atoms. The maximum Gasteiger partial charge on any atom is 0.275 e. The highest BCUT2D eigenvalue weighted by atomic mass is 32.1. The summed E-state index contributed by atoms with van der Waals surface area (Å²) in [6, 6.07) is 3.43. The minimum Gasteiger partial charge on any atom is -0.344 e. The van der Waals surface area contributed by atoms with Crippen LogP contribution < -0.4 is 15.8 Å². The first-order valence-electron chi connectivity index (χ1n) is 9.75. The molecule has 0 unspecified atom stereocenters. The second kappa shape index (κ2) is 5.83. The maximum atomic E-state index is 12.8. The zero-order chi connectivity index (χ0) is 19.8. The van der Waals surface area contributed by atoms with E-state index in [2.05, 4.69) is 25.4 Å². The van der Waals surface area contributed by atoms with Gasteiger partial charge in [-0.15, -0.1) is 5.10 Å². The van der Waals surface area contributed by atoms with E-state index >= 15 is 0 Å². The fraction of sp³-hybridized carbons (Fsp3) is 0.421. The number of imidazole rings is 1. The molecule has 0 atom stereocenters. The van der Waals surface area contributed by atoms with E-state index in [-0.39, 0.29) is 11.1 Å². The molecule has 2 fully saturated rings. The molecule has 148 valence electrons. The smallest absolute Gasteiger partial charge is 0.275 e. The number of rotatable bonds is 2. The monoisotopic (exact) mass is 408 g/mol. The van der Waals surface area contributed by atoms with E-state index in [1.807, 2.05) is 26.1 Å². The number of piperazine rings is 1. The van der Waals surface area contributed by atoms with Gasteiger partial charge in [0.1, 0.15) is 5.69 Å². The van der Waals surface area contributed by atoms with Gasteiger partial charge in [0.05, 0.1) is 17.6 Å². The molecule has 9 nitrogen and oxygen atoms in total. The third-order valence-corrected chi connectivity index (χ3v) is 6.70. The molecule has 2 aliphatic rings. The molecule has 1 N–H and O–H groups in total. The largest absolute Gasteiger partial charge is 0.344 e. The summed E-state index contributed by atoms with van der Waals surface area (Å²) >= 11 is 1.46. The Kier molecular flexibility index (Phi) is 3.43. The summed E-state index contributed by atoms with van der Waals surface area (Å²) in [6.07, 6.45) is 4.29. The van der Waals surface area contributed by atoms with Crippen molar-refractivity contribution in [2.75, 3.05) is 24.5 Å². The van der Waals surface area contributed by atoms with Crippen LogP contribution in [-0.4, -0.2) is 54.4 Å². The van der Waals surface area contributed by atoms with Crippen molar-refractivity contribution in [2.45, 2.75) is 32.2 Å². The van der Waals surface area contributed by atoms with Crippen molar-refractivity contribution in [3.63, 3.8) is 0 Å². The molecule has 1 saturated carbocycles. The quantitative estimate of drug-likeness (QED) is 0.536. The van der Waals surface area contributed by atoms with E-state index in [0.29, 0.717) is 16.3 Å². The summed E-state index contributed by atoms with van der Waals surface area (Å²) in [4.78, 5) is 24.8. The zero-order valence-electron chi connectivity index (χ0n) is 16.2. The van der Waals surface area contributed by atoms with E-state index in [1.165, 1.54) is 34.8 Å². The fourth-order valence-corrected chi connectivity index (χ4v) is 4.97. The van der Waals surface area contributed by atoms with Gasteiger partial charge in [-0.05, 0) is 38.3 Å². The van der Waals surface area contributed by atoms with Crippen molar-refractivity contribution in [3.05, 3.63) is 39.9 Å². The van der Waals surface area contributed by atoms with Gasteiger partial charge in [0.25, 0.3) is 5.56 Å². The first kappa shape index (κ1) is 17.0. The predicted octanol–water partition coefficient (Wildman–Crippen LogP) is 1.42. The molecule has 1 aliphatic heterocycles. The summed E-state index contributed by atoms with van der Waals surface area (Å²) in [5.41, 5.74) is 3.98. The lowest BCUT2D eigenvalue weighted by atomic mass is 10.2. The summed E-state index contributed by atoms with van der Waals surface area (Å²) in [6.45, 7) is 6.69. The molecule has 0 bridgehead atoms. The van der Waals surface area contributed by atoms with Crippen molar-refractivity contribution in [3.8, 4) is 11.4 Å². The summed E-state index contributed by atoms with van der Waals surface area (Å²) in [7, 11) is 0. The van der Waals surface area contributed by atoms with E-state index in [4.69, 9.17) is 4.98 Å². The summed E-state index contributed by atoms with van der Waals surface area (Å²) in [5.74, 6) is 0. The molecule has 4 aromatic heterocycles. The molecule has 1 spiro atoms. The lowest BCUT2D eigenvalue weighted by Crippen LogP contribution is -2.52. The van der Waals surface area contributed by atoms with Crippen molar-refractivity contribution in [2.24, 2.45) is 0 Å². The van der Waals surface area contributed by atoms with Gasteiger partial charge in [0, 0.05) is 31.2 Å². The maximum absolute atomic E-state index is 12.8. The van der Waals surface area contributed by atoms with Gasteiger partial charge in [-0.25, -0.2) is 14.5 Å². The van der Waals surface area contributed by atoms with Gasteiger partial charge in [-0.2, -0.15) is 9.61 Å². The van der Waals surface area contributed by atoms with Gasteiger partial charge in [-0.3, -0.25) is 4.79 Å². The third kappa shape index (κ3) is 2.74. The lowest BCUT2D eigenvalue weighted by molar-refractivity contribution is 0.441. The summed E-state index contributed by atoms with van der Waals surface area (Å²) < 4.78 is 3.15. The van der Waals surface area contributed by atoms with Crippen molar-refractivity contribution in [1.82, 2.24) is 34.5 Å². The summed E-state index contributed by atoms with van der Waals surface area (Å²) in [5, 5.41) is 13.6. The van der Waals surface area contributed by atoms with Crippen LogP contribution in [0.15, 0.2) is 23.1 Å². The van der Waals surface area contributed by atoms with Crippen LogP contribution in [0.5, 0.6) is 0 Å². The van der Waals surface area contributed by atoms with Crippen LogP contribution in [0.1, 0.15) is 24.1 Å². The number of anilines is 1. The minimum atomic E-state index is -0.190. The van der Waals surface area contributed by atoms with E-state index in [0.717, 1.165) is 41.7 Å². The first-order valence-corrected chi connectivity index (χ1v) is 10.6. The number of aromatic nitrogens is 6. The fourth-order valence-electron chi connectivity index (χ4n) is 4.04. The molecule has 0 amide bonds. The zero-order valence-corrected chi connectivity index (χ0v) is 17.0. The number of nitrogens with zero attached hydrogens (tertiary/aromatic N) is 7. The van der Waals surface area contributed by atoms with E-state index in [9.17, 15) is 4.79 Å². The second-order valence-electron chi connectivity index (χ2n) is 8.05. The van der Waals surface area contributed by atoms with Crippen molar-refractivity contribution < 1.29 is 0 Å². The van der Waals surface area contributed by atoms with Crippen LogP contribution in [0.25, 0.3) is 22.0 Å². The average molecular weight is 408 g/mol. The lowest BCUT2D eigenvalue weighted by Gasteiger charge is -2.33. The topological polar surface area (TPSA) is 92.7 Å². The molecule has 6 rings (SSSR count). The van der Waals surface area contributed by atoms with Gasteiger partial charge in [0.2, 0.25) is 10.1 Å². The number of hydrogen-bond donors (Lipinski definition) is 1. The Morgan fingerprint density at radius 1 is 1.14 bits per heavy atom. The number of nitrogens with one attached hydrogen (secondary N) is 1. The number of aryl methyl sites for hydroxylation is 2. The molecule has 0 aromatic carbocycles. The van der Waals surface area contributed by atoms with Crippen LogP contribution in [-0.2, 0) is 0 Å². The minimum absolute atomic E-state index is 0.190. The molecule has 5 heterocycles. The Morgan fingerprint density at radius 2 is 2.00 bits per heavy atom. The molecule has 4 aromatic rings. The Balaban J connectivity index is 1.43. The molecular weight excluding hydrogens is 388 g/mol. The highest BCUT2D eigenvalue weighted by Crippen LogP contribution is 2.39. The molecule has 1 saturated heterocycles. The van der Waals surface area contributed by atoms with Crippen LogP contribution in [0.2, 0.25) is 0 Å². The SMILES string of the molecule is Cc1cn2nc(-c3cc(=O)n4nc(N5CCNC6(CC6)C5)sc4n3)cc(C)c2n1. The Morgan fingerprint density at radius 3 is 2.83 bits per heavy atom. The van der Waals surface area contributed by atoms with Crippen molar-refractivity contribution in [1.29, 1.82) is 0 Å². The first-order chi connectivity index (χ1) is 14.0. The standard InChI is InChI=1S/C19H20N8OS/c1-11-7-14(23-26-9-12(2)21-16(11)26)13-8-15(28)27-17(22-13)29-18(24-27)25-6-5-20-19(10-25)3-4-19/h7-9,20H,3-6,10H2,1-2H3. The normalized spacial score (nSPS) is 18.2. The molecule has 10 heteroatoms. The highest BCUT2D eigenvalue weighted by Gasteiger charge is 2.46. The van der Waals surface area contributed by atoms with Crippen molar-refractivity contribution >= 4 is 27.1 Å². The molecule has 0 radical (unpaired) electrons. The van der Waals surface area contributed by atoms with Crippen LogP contribution >= 0.6 is 11.3 Å². The Labute approximate surface area is 170 Å². The van der Waals surface area contributed by atoms with Crippen LogP contribution in [0, 0.1) is 13.8 Å². The molecule has 1 aliphatic carbocycles. The van der Waals surface area contributed by atoms with Gasteiger partial charge < -0.3 is 10.2 Å². The Hall–Kier alpha value is -2.85. The van der Waals surface area contributed by atoms with Crippen LogP contribution in [0.4, 0.5) is 5.13 Å². The Bertz CT molecular complexity index is 1330.